The Morgan fingerprint density at radius 2 is 1.88 bits per heavy atom. The van der Waals surface area contributed by atoms with E-state index in [4.69, 9.17) is 4.74 Å². The largest absolute Gasteiger partial charge is 0.456 e. The minimum Gasteiger partial charge on any atom is -0.456 e. The van der Waals surface area contributed by atoms with Crippen LogP contribution in [-0.4, -0.2) is 11.6 Å². The Hall–Kier alpha value is -0.790. The smallest absolute Gasteiger partial charge is 0.333 e. The van der Waals surface area contributed by atoms with Crippen LogP contribution in [0.2, 0.25) is 0 Å². The third kappa shape index (κ3) is 4.53. The lowest BCUT2D eigenvalue weighted by Gasteiger charge is -2.37. The Balaban J connectivity index is 2.57. The van der Waals surface area contributed by atoms with Gasteiger partial charge in [-0.15, -0.1) is 0 Å². The third-order valence-corrected chi connectivity index (χ3v) is 3.66. The maximum atomic E-state index is 11.7. The van der Waals surface area contributed by atoms with Crippen LogP contribution in [0.1, 0.15) is 71.6 Å². The van der Waals surface area contributed by atoms with Gasteiger partial charge in [0.05, 0.1) is 0 Å². The normalized spacial score (nSPS) is 18.7. The van der Waals surface area contributed by atoms with Crippen LogP contribution in [0.15, 0.2) is 12.2 Å². The average Bonchev–Trinajstić information content (AvgIpc) is 2.30. The van der Waals surface area contributed by atoms with Crippen molar-refractivity contribution in [3.05, 3.63) is 12.2 Å². The van der Waals surface area contributed by atoms with Gasteiger partial charge in [-0.2, -0.15) is 0 Å². The van der Waals surface area contributed by atoms with Gasteiger partial charge in [0.2, 0.25) is 0 Å². The molecule has 0 aromatic carbocycles. The second kappa shape index (κ2) is 6.83. The van der Waals surface area contributed by atoms with Gasteiger partial charge < -0.3 is 4.74 Å². The minimum atomic E-state index is -0.205. The molecule has 1 aliphatic carbocycles. The van der Waals surface area contributed by atoms with Crippen LogP contribution in [0, 0.1) is 0 Å². The molecule has 0 spiro atoms. The molecule has 98 valence electrons. The van der Waals surface area contributed by atoms with Gasteiger partial charge in [-0.05, 0) is 45.4 Å². The average molecular weight is 238 g/mol. The summed E-state index contributed by atoms with van der Waals surface area (Å²) in [5.74, 6) is -0.205. The molecule has 0 atom stereocenters. The molecule has 17 heavy (non-hydrogen) atoms. The molecule has 1 aliphatic rings. The summed E-state index contributed by atoms with van der Waals surface area (Å²) in [6.45, 7) is 7.60. The first kappa shape index (κ1) is 14.3. The fourth-order valence-corrected chi connectivity index (χ4v) is 2.58. The molecule has 1 rings (SSSR count). The van der Waals surface area contributed by atoms with Crippen LogP contribution in [-0.2, 0) is 9.53 Å². The molecule has 2 heteroatoms. The molecule has 0 N–H and O–H groups in total. The molecular formula is C15H26O2. The molecule has 1 saturated carbocycles. The van der Waals surface area contributed by atoms with Gasteiger partial charge in [0.25, 0.3) is 0 Å². The lowest BCUT2D eigenvalue weighted by Crippen LogP contribution is -2.37. The Labute approximate surface area is 105 Å². The zero-order chi connectivity index (χ0) is 12.7. The van der Waals surface area contributed by atoms with E-state index in [0.29, 0.717) is 5.57 Å². The number of hydrogen-bond donors (Lipinski definition) is 0. The van der Waals surface area contributed by atoms with Crippen LogP contribution in [0.5, 0.6) is 0 Å². The van der Waals surface area contributed by atoms with Gasteiger partial charge in [0.1, 0.15) is 5.60 Å². The molecule has 0 aromatic heterocycles. The summed E-state index contributed by atoms with van der Waals surface area (Å²) < 4.78 is 5.75. The summed E-state index contributed by atoms with van der Waals surface area (Å²) in [5.41, 5.74) is 0.342. The molecule has 0 bridgehead atoms. The topological polar surface area (TPSA) is 26.3 Å². The van der Waals surface area contributed by atoms with Gasteiger partial charge >= 0.3 is 5.97 Å². The Kier molecular flexibility index (Phi) is 5.73. The highest BCUT2D eigenvalue weighted by molar-refractivity contribution is 5.87. The van der Waals surface area contributed by atoms with Crippen molar-refractivity contribution in [2.24, 2.45) is 0 Å². The number of ether oxygens (including phenoxy) is 1. The number of carbonyl (C=O) groups excluding carboxylic acids is 1. The maximum absolute atomic E-state index is 11.7. The van der Waals surface area contributed by atoms with E-state index in [1.165, 1.54) is 38.5 Å². The fraction of sp³-hybridized carbons (Fsp3) is 0.800. The van der Waals surface area contributed by atoms with Crippen molar-refractivity contribution in [3.63, 3.8) is 0 Å². The Morgan fingerprint density at radius 1 is 1.24 bits per heavy atom. The molecule has 0 saturated heterocycles. The van der Waals surface area contributed by atoms with Crippen molar-refractivity contribution in [2.45, 2.75) is 77.2 Å². The molecule has 0 unspecified atom stereocenters. The van der Waals surface area contributed by atoms with Crippen molar-refractivity contribution >= 4 is 5.97 Å². The number of esters is 1. The first-order chi connectivity index (χ1) is 8.09. The van der Waals surface area contributed by atoms with Crippen molar-refractivity contribution in [1.82, 2.24) is 0 Å². The van der Waals surface area contributed by atoms with Crippen LogP contribution in [0.25, 0.3) is 0 Å². The van der Waals surface area contributed by atoms with E-state index >= 15 is 0 Å². The van der Waals surface area contributed by atoms with Gasteiger partial charge in [-0.25, -0.2) is 4.79 Å². The van der Waals surface area contributed by atoms with Crippen LogP contribution >= 0.6 is 0 Å². The molecule has 0 radical (unpaired) electrons. The van der Waals surface area contributed by atoms with Gasteiger partial charge in [-0.3, -0.25) is 0 Å². The van der Waals surface area contributed by atoms with Crippen molar-refractivity contribution in [2.75, 3.05) is 0 Å². The number of hydrogen-bond acceptors (Lipinski definition) is 2. The maximum Gasteiger partial charge on any atom is 0.333 e. The summed E-state index contributed by atoms with van der Waals surface area (Å²) in [6, 6.07) is 0. The lowest BCUT2D eigenvalue weighted by molar-refractivity contribution is -0.159. The SMILES string of the molecule is C=C(C)C(=O)OC1(CCCCC)CCCCC1. The number of carbonyl (C=O) groups is 1. The molecule has 0 aliphatic heterocycles. The third-order valence-electron chi connectivity index (χ3n) is 3.66. The standard InChI is InChI=1S/C15H26O2/c1-4-5-7-10-15(11-8-6-9-12-15)17-14(16)13(2)3/h2,4-12H2,1,3H3. The summed E-state index contributed by atoms with van der Waals surface area (Å²) in [4.78, 5) is 11.7. The summed E-state index contributed by atoms with van der Waals surface area (Å²) >= 11 is 0. The van der Waals surface area contributed by atoms with Gasteiger partial charge in [0.15, 0.2) is 0 Å². The second-order valence-electron chi connectivity index (χ2n) is 5.37. The first-order valence-corrected chi connectivity index (χ1v) is 6.98. The van der Waals surface area contributed by atoms with Gasteiger partial charge in [-0.1, -0.05) is 32.8 Å². The van der Waals surface area contributed by atoms with Crippen molar-refractivity contribution in [1.29, 1.82) is 0 Å². The summed E-state index contributed by atoms with van der Waals surface area (Å²) in [5, 5.41) is 0. The number of unbranched alkanes of at least 4 members (excludes halogenated alkanes) is 2. The second-order valence-corrected chi connectivity index (χ2v) is 5.37. The zero-order valence-electron chi connectivity index (χ0n) is 11.4. The molecule has 1 fully saturated rings. The summed E-state index contributed by atoms with van der Waals surface area (Å²) in [7, 11) is 0. The molecule has 2 nitrogen and oxygen atoms in total. The molecule has 0 heterocycles. The van der Waals surface area contributed by atoms with Crippen LogP contribution in [0.3, 0.4) is 0 Å². The zero-order valence-corrected chi connectivity index (χ0v) is 11.4. The quantitative estimate of drug-likeness (QED) is 0.390. The predicted molar refractivity (Wildman–Crippen MR) is 70.9 cm³/mol. The first-order valence-electron chi connectivity index (χ1n) is 6.98. The Morgan fingerprint density at radius 3 is 2.41 bits per heavy atom. The van der Waals surface area contributed by atoms with E-state index in [-0.39, 0.29) is 11.6 Å². The van der Waals surface area contributed by atoms with Gasteiger partial charge in [0, 0.05) is 5.57 Å². The van der Waals surface area contributed by atoms with E-state index in [2.05, 4.69) is 13.5 Å². The monoisotopic (exact) mass is 238 g/mol. The van der Waals surface area contributed by atoms with Crippen molar-refractivity contribution in [3.8, 4) is 0 Å². The van der Waals surface area contributed by atoms with Crippen LogP contribution < -0.4 is 0 Å². The van der Waals surface area contributed by atoms with E-state index in [0.717, 1.165) is 19.3 Å². The van der Waals surface area contributed by atoms with E-state index in [1.807, 2.05) is 0 Å². The predicted octanol–water partition coefficient (Wildman–Crippen LogP) is 4.39. The fourth-order valence-electron chi connectivity index (χ4n) is 2.58. The van der Waals surface area contributed by atoms with E-state index in [9.17, 15) is 4.79 Å². The highest BCUT2D eigenvalue weighted by Crippen LogP contribution is 2.36. The Bertz CT molecular complexity index is 262. The number of rotatable bonds is 6. The molecule has 0 amide bonds. The van der Waals surface area contributed by atoms with Crippen molar-refractivity contribution < 1.29 is 9.53 Å². The molecular weight excluding hydrogens is 212 g/mol. The molecule has 0 aromatic rings. The highest BCUT2D eigenvalue weighted by atomic mass is 16.6. The van der Waals surface area contributed by atoms with E-state index in [1.54, 1.807) is 6.92 Å². The minimum absolute atomic E-state index is 0.177. The van der Waals surface area contributed by atoms with Crippen LogP contribution in [0.4, 0.5) is 0 Å². The van der Waals surface area contributed by atoms with E-state index < -0.39 is 0 Å². The summed E-state index contributed by atoms with van der Waals surface area (Å²) in [6.07, 6.45) is 10.4. The highest BCUT2D eigenvalue weighted by Gasteiger charge is 2.35. The lowest BCUT2D eigenvalue weighted by atomic mass is 9.81.